The smallest absolute Gasteiger partial charge is 0.220 e. The first kappa shape index (κ1) is 22.5. The maximum atomic E-state index is 11.9. The number of rotatable bonds is 17. The third-order valence-electron chi connectivity index (χ3n) is 4.66. The van der Waals surface area contributed by atoms with Gasteiger partial charge in [0, 0.05) is 12.5 Å². The third-order valence-corrected chi connectivity index (χ3v) is 4.66. The zero-order valence-electron chi connectivity index (χ0n) is 16.3. The number of carbonyl (C=O) groups is 1. The van der Waals surface area contributed by atoms with Crippen LogP contribution in [-0.2, 0) is 4.79 Å². The molecule has 0 aromatic heterocycles. The molecule has 0 saturated carbocycles. The van der Waals surface area contributed by atoms with Gasteiger partial charge in [0.15, 0.2) is 0 Å². The summed E-state index contributed by atoms with van der Waals surface area (Å²) < 4.78 is 0. The fourth-order valence-corrected chi connectivity index (χ4v) is 3.07. The number of amides is 1. The van der Waals surface area contributed by atoms with Crippen LogP contribution in [0.25, 0.3) is 0 Å². The predicted molar refractivity (Wildman–Crippen MR) is 103 cm³/mol. The Kier molecular flexibility index (Phi) is 17.4. The summed E-state index contributed by atoms with van der Waals surface area (Å²) in [6.07, 6.45) is 20.2. The molecule has 0 spiro atoms. The first-order chi connectivity index (χ1) is 11.2. The molecule has 138 valence electrons. The standard InChI is InChI=1S/C21H43NO/c1-4-6-8-10-11-12-13-14-15-17-19-21(23)22-20(3)18-16-9-7-5-2/h20H,4-19H2,1-3H3,(H,22,23). The van der Waals surface area contributed by atoms with Crippen molar-refractivity contribution >= 4 is 5.91 Å². The van der Waals surface area contributed by atoms with Crippen molar-refractivity contribution in [2.24, 2.45) is 0 Å². The van der Waals surface area contributed by atoms with E-state index in [4.69, 9.17) is 0 Å². The highest BCUT2D eigenvalue weighted by Crippen LogP contribution is 2.11. The molecule has 23 heavy (non-hydrogen) atoms. The van der Waals surface area contributed by atoms with E-state index in [1.165, 1.54) is 83.5 Å². The Hall–Kier alpha value is -0.530. The van der Waals surface area contributed by atoms with E-state index in [1.54, 1.807) is 0 Å². The molecule has 1 amide bonds. The van der Waals surface area contributed by atoms with E-state index in [1.807, 2.05) is 0 Å². The lowest BCUT2D eigenvalue weighted by atomic mass is 10.1. The van der Waals surface area contributed by atoms with Gasteiger partial charge in [-0.2, -0.15) is 0 Å². The quantitative estimate of drug-likeness (QED) is 0.294. The van der Waals surface area contributed by atoms with E-state index in [-0.39, 0.29) is 5.91 Å². The first-order valence-corrected chi connectivity index (χ1v) is 10.5. The Morgan fingerprint density at radius 3 is 1.65 bits per heavy atom. The molecule has 1 atom stereocenters. The lowest BCUT2D eigenvalue weighted by Crippen LogP contribution is -2.32. The van der Waals surface area contributed by atoms with Gasteiger partial charge in [-0.1, -0.05) is 97.3 Å². The molecule has 0 rings (SSSR count). The predicted octanol–water partition coefficient (Wildman–Crippen LogP) is 6.77. The van der Waals surface area contributed by atoms with Gasteiger partial charge in [-0.05, 0) is 19.8 Å². The average molecular weight is 326 g/mol. The molecular formula is C21H43NO. The minimum absolute atomic E-state index is 0.257. The van der Waals surface area contributed by atoms with Crippen LogP contribution in [0, 0.1) is 0 Å². The van der Waals surface area contributed by atoms with Crippen LogP contribution in [0.5, 0.6) is 0 Å². The lowest BCUT2D eigenvalue weighted by molar-refractivity contribution is -0.121. The summed E-state index contributed by atoms with van der Waals surface area (Å²) in [5.41, 5.74) is 0. The summed E-state index contributed by atoms with van der Waals surface area (Å²) in [7, 11) is 0. The van der Waals surface area contributed by atoms with E-state index in [0.29, 0.717) is 6.04 Å². The second kappa shape index (κ2) is 17.8. The minimum atomic E-state index is 0.257. The van der Waals surface area contributed by atoms with Gasteiger partial charge >= 0.3 is 0 Å². The van der Waals surface area contributed by atoms with Gasteiger partial charge < -0.3 is 5.32 Å². The topological polar surface area (TPSA) is 29.1 Å². The summed E-state index contributed by atoms with van der Waals surface area (Å²) in [5, 5.41) is 3.15. The Bertz CT molecular complexity index is 252. The molecule has 0 aromatic carbocycles. The van der Waals surface area contributed by atoms with Crippen molar-refractivity contribution in [1.29, 1.82) is 0 Å². The summed E-state index contributed by atoms with van der Waals surface area (Å²) in [6.45, 7) is 6.64. The molecule has 0 fully saturated rings. The zero-order chi connectivity index (χ0) is 17.2. The molecule has 0 aliphatic rings. The van der Waals surface area contributed by atoms with Gasteiger partial charge in [0.05, 0.1) is 0 Å². The van der Waals surface area contributed by atoms with Crippen molar-refractivity contribution in [1.82, 2.24) is 5.32 Å². The van der Waals surface area contributed by atoms with E-state index in [2.05, 4.69) is 26.1 Å². The fourth-order valence-electron chi connectivity index (χ4n) is 3.07. The molecule has 0 saturated heterocycles. The summed E-state index contributed by atoms with van der Waals surface area (Å²) in [5.74, 6) is 0.257. The van der Waals surface area contributed by atoms with Crippen molar-refractivity contribution < 1.29 is 4.79 Å². The highest BCUT2D eigenvalue weighted by atomic mass is 16.1. The Morgan fingerprint density at radius 1 is 0.696 bits per heavy atom. The Balaban J connectivity index is 3.29. The fraction of sp³-hybridized carbons (Fsp3) is 0.952. The molecule has 0 radical (unpaired) electrons. The van der Waals surface area contributed by atoms with E-state index >= 15 is 0 Å². The van der Waals surface area contributed by atoms with Gasteiger partial charge in [-0.3, -0.25) is 4.79 Å². The van der Waals surface area contributed by atoms with Crippen LogP contribution < -0.4 is 5.32 Å². The van der Waals surface area contributed by atoms with Crippen molar-refractivity contribution in [2.75, 3.05) is 0 Å². The van der Waals surface area contributed by atoms with Crippen LogP contribution in [0.2, 0.25) is 0 Å². The molecule has 0 heterocycles. The molecule has 0 bridgehead atoms. The van der Waals surface area contributed by atoms with Gasteiger partial charge in [0.2, 0.25) is 5.91 Å². The van der Waals surface area contributed by atoms with Crippen LogP contribution >= 0.6 is 0 Å². The largest absolute Gasteiger partial charge is 0.354 e. The second-order valence-electron chi connectivity index (χ2n) is 7.25. The van der Waals surface area contributed by atoms with Crippen LogP contribution in [0.15, 0.2) is 0 Å². The molecule has 2 heteroatoms. The molecule has 1 unspecified atom stereocenters. The summed E-state index contributed by atoms with van der Waals surface area (Å²) in [4.78, 5) is 11.9. The van der Waals surface area contributed by atoms with Crippen LogP contribution in [0.4, 0.5) is 0 Å². The van der Waals surface area contributed by atoms with Crippen LogP contribution in [-0.4, -0.2) is 11.9 Å². The normalized spacial score (nSPS) is 12.3. The number of unbranched alkanes of at least 4 members (excludes halogenated alkanes) is 12. The number of nitrogens with one attached hydrogen (secondary N) is 1. The van der Waals surface area contributed by atoms with Crippen molar-refractivity contribution in [3.8, 4) is 0 Å². The Morgan fingerprint density at radius 2 is 1.13 bits per heavy atom. The molecule has 0 aliphatic heterocycles. The van der Waals surface area contributed by atoms with Gasteiger partial charge in [-0.25, -0.2) is 0 Å². The molecule has 2 nitrogen and oxygen atoms in total. The average Bonchev–Trinajstić information content (AvgIpc) is 2.53. The third kappa shape index (κ3) is 17.7. The molecule has 1 N–H and O–H groups in total. The van der Waals surface area contributed by atoms with Crippen LogP contribution in [0.3, 0.4) is 0 Å². The van der Waals surface area contributed by atoms with Gasteiger partial charge in [0.25, 0.3) is 0 Å². The molecular weight excluding hydrogens is 282 g/mol. The monoisotopic (exact) mass is 325 g/mol. The Labute approximate surface area is 146 Å². The maximum absolute atomic E-state index is 11.9. The highest BCUT2D eigenvalue weighted by molar-refractivity contribution is 5.76. The van der Waals surface area contributed by atoms with Crippen molar-refractivity contribution in [2.45, 2.75) is 130 Å². The van der Waals surface area contributed by atoms with Gasteiger partial charge in [-0.15, -0.1) is 0 Å². The van der Waals surface area contributed by atoms with Gasteiger partial charge in [0.1, 0.15) is 0 Å². The van der Waals surface area contributed by atoms with Crippen molar-refractivity contribution in [3.63, 3.8) is 0 Å². The summed E-state index contributed by atoms with van der Waals surface area (Å²) >= 11 is 0. The van der Waals surface area contributed by atoms with E-state index in [0.717, 1.165) is 19.3 Å². The molecule has 0 aromatic rings. The highest BCUT2D eigenvalue weighted by Gasteiger charge is 2.06. The summed E-state index contributed by atoms with van der Waals surface area (Å²) in [6, 6.07) is 0.350. The second-order valence-corrected chi connectivity index (χ2v) is 7.25. The maximum Gasteiger partial charge on any atom is 0.220 e. The number of hydrogen-bond donors (Lipinski definition) is 1. The zero-order valence-corrected chi connectivity index (χ0v) is 16.3. The van der Waals surface area contributed by atoms with E-state index in [9.17, 15) is 4.79 Å². The number of carbonyl (C=O) groups excluding carboxylic acids is 1. The minimum Gasteiger partial charge on any atom is -0.354 e. The van der Waals surface area contributed by atoms with Crippen molar-refractivity contribution in [3.05, 3.63) is 0 Å². The lowest BCUT2D eigenvalue weighted by Gasteiger charge is -2.13. The molecule has 0 aliphatic carbocycles. The van der Waals surface area contributed by atoms with Crippen LogP contribution in [0.1, 0.15) is 124 Å². The van der Waals surface area contributed by atoms with E-state index < -0.39 is 0 Å². The SMILES string of the molecule is CCCCCCCCCCCCC(=O)NC(C)CCCCCC. The number of hydrogen-bond acceptors (Lipinski definition) is 1. The first-order valence-electron chi connectivity index (χ1n) is 10.5.